The maximum Gasteiger partial charge on any atom is 0.175 e. The number of hydrogen-bond donors (Lipinski definition) is 0. The van der Waals surface area contributed by atoms with Crippen LogP contribution in [0.15, 0.2) is 53.6 Å². The van der Waals surface area contributed by atoms with E-state index in [0.717, 1.165) is 30.5 Å². The van der Waals surface area contributed by atoms with E-state index in [-0.39, 0.29) is 0 Å². The molecule has 1 aromatic carbocycles. The van der Waals surface area contributed by atoms with Crippen LogP contribution in [-0.4, -0.2) is 19.7 Å². The van der Waals surface area contributed by atoms with Crippen LogP contribution in [0.25, 0.3) is 11.1 Å². The van der Waals surface area contributed by atoms with E-state index in [9.17, 15) is 8.42 Å². The van der Waals surface area contributed by atoms with E-state index in [1.807, 2.05) is 36.5 Å². The Kier molecular flexibility index (Phi) is 3.64. The molecule has 0 N–H and O–H groups in total. The van der Waals surface area contributed by atoms with Gasteiger partial charge in [0.15, 0.2) is 9.84 Å². The molecule has 108 valence electrons. The molecule has 0 amide bonds. The highest BCUT2D eigenvalue weighted by atomic mass is 32.2. The minimum Gasteiger partial charge on any atom is -0.257 e. The van der Waals surface area contributed by atoms with E-state index in [0.29, 0.717) is 4.90 Å². The van der Waals surface area contributed by atoms with Crippen LogP contribution >= 0.6 is 0 Å². The fraction of sp³-hybridized carbons (Fsp3) is 0.235. The highest BCUT2D eigenvalue weighted by Gasteiger charge is 2.18. The lowest BCUT2D eigenvalue weighted by Gasteiger charge is -2.08. The van der Waals surface area contributed by atoms with Gasteiger partial charge in [-0.05, 0) is 60.2 Å². The molecule has 1 aromatic heterocycles. The molecule has 21 heavy (non-hydrogen) atoms. The number of aromatic nitrogens is 1. The molecular formula is C17H17NO2S. The van der Waals surface area contributed by atoms with Gasteiger partial charge in [-0.2, -0.15) is 0 Å². The maximum atomic E-state index is 11.5. The zero-order valence-electron chi connectivity index (χ0n) is 11.9. The van der Waals surface area contributed by atoms with Gasteiger partial charge in [-0.15, -0.1) is 0 Å². The van der Waals surface area contributed by atoms with Crippen molar-refractivity contribution < 1.29 is 8.42 Å². The highest BCUT2D eigenvalue weighted by Crippen LogP contribution is 2.39. The van der Waals surface area contributed by atoms with Crippen LogP contribution < -0.4 is 0 Å². The lowest BCUT2D eigenvalue weighted by molar-refractivity contribution is 0.602. The lowest BCUT2D eigenvalue weighted by atomic mass is 10.00. The van der Waals surface area contributed by atoms with Crippen molar-refractivity contribution in [2.24, 2.45) is 0 Å². The monoisotopic (exact) mass is 299 g/mol. The van der Waals surface area contributed by atoms with Crippen LogP contribution in [-0.2, 0) is 9.84 Å². The first kappa shape index (κ1) is 14.0. The average molecular weight is 299 g/mol. The van der Waals surface area contributed by atoms with E-state index in [4.69, 9.17) is 0 Å². The first-order chi connectivity index (χ1) is 10.1. The Bertz CT molecular complexity index is 775. The van der Waals surface area contributed by atoms with Gasteiger partial charge in [0.25, 0.3) is 0 Å². The summed E-state index contributed by atoms with van der Waals surface area (Å²) in [6.07, 6.45) is 6.21. The predicted octanol–water partition coefficient (Wildman–Crippen LogP) is 3.58. The largest absolute Gasteiger partial charge is 0.257 e. The number of rotatable bonds is 3. The summed E-state index contributed by atoms with van der Waals surface area (Å²) >= 11 is 0. The van der Waals surface area contributed by atoms with Gasteiger partial charge < -0.3 is 0 Å². The Morgan fingerprint density at radius 1 is 0.952 bits per heavy atom. The Morgan fingerprint density at radius 3 is 2.29 bits per heavy atom. The summed E-state index contributed by atoms with van der Waals surface area (Å²) in [7, 11) is -3.14. The molecule has 0 fully saturated rings. The molecular weight excluding hydrogens is 282 g/mol. The standard InChI is InChI=1S/C17H17NO2S/c1-21(19,20)14-10-8-13(9-11-14)15-5-4-6-16(15)17-7-2-3-12-18-17/h2-3,7-12H,4-6H2,1H3. The summed E-state index contributed by atoms with van der Waals surface area (Å²) in [5.74, 6) is 0. The number of hydrogen-bond acceptors (Lipinski definition) is 3. The Balaban J connectivity index is 2.03. The third-order valence-corrected chi connectivity index (χ3v) is 4.95. The van der Waals surface area contributed by atoms with Crippen molar-refractivity contribution in [3.63, 3.8) is 0 Å². The molecule has 4 heteroatoms. The fourth-order valence-electron chi connectivity index (χ4n) is 2.79. The molecule has 0 saturated heterocycles. The summed E-state index contributed by atoms with van der Waals surface area (Å²) < 4.78 is 23.1. The molecule has 1 aliphatic carbocycles. The SMILES string of the molecule is CS(=O)(=O)c1ccc(C2=C(c3ccccn3)CCC2)cc1. The lowest BCUT2D eigenvalue weighted by Crippen LogP contribution is -1.97. The molecule has 0 saturated carbocycles. The van der Waals surface area contributed by atoms with Crippen molar-refractivity contribution in [2.45, 2.75) is 24.2 Å². The molecule has 0 bridgehead atoms. The zero-order valence-corrected chi connectivity index (χ0v) is 12.7. The first-order valence-electron chi connectivity index (χ1n) is 6.99. The molecule has 3 nitrogen and oxygen atoms in total. The van der Waals surface area contributed by atoms with Gasteiger partial charge in [0, 0.05) is 12.5 Å². The Hall–Kier alpha value is -1.94. The minimum absolute atomic E-state index is 0.365. The van der Waals surface area contributed by atoms with E-state index in [2.05, 4.69) is 4.98 Å². The first-order valence-corrected chi connectivity index (χ1v) is 8.89. The Morgan fingerprint density at radius 2 is 1.67 bits per heavy atom. The molecule has 1 aliphatic rings. The molecule has 2 aromatic rings. The molecule has 0 aliphatic heterocycles. The summed E-state index contributed by atoms with van der Waals surface area (Å²) in [6, 6.07) is 13.1. The van der Waals surface area contributed by atoms with E-state index in [1.165, 1.54) is 17.4 Å². The fourth-order valence-corrected chi connectivity index (χ4v) is 3.42. The van der Waals surface area contributed by atoms with Gasteiger partial charge in [-0.3, -0.25) is 4.98 Å². The molecule has 0 unspecified atom stereocenters. The topological polar surface area (TPSA) is 47.0 Å². The number of sulfone groups is 1. The molecule has 0 atom stereocenters. The van der Waals surface area contributed by atoms with Crippen molar-refractivity contribution in [2.75, 3.05) is 6.26 Å². The van der Waals surface area contributed by atoms with Gasteiger partial charge in [0.05, 0.1) is 10.6 Å². The van der Waals surface area contributed by atoms with Crippen LogP contribution in [0.3, 0.4) is 0 Å². The van der Waals surface area contributed by atoms with Crippen molar-refractivity contribution in [3.8, 4) is 0 Å². The average Bonchev–Trinajstić information content (AvgIpc) is 2.97. The number of allylic oxidation sites excluding steroid dienone is 2. The second-order valence-electron chi connectivity index (χ2n) is 5.32. The highest BCUT2D eigenvalue weighted by molar-refractivity contribution is 7.90. The van der Waals surface area contributed by atoms with Crippen molar-refractivity contribution in [1.82, 2.24) is 4.98 Å². The van der Waals surface area contributed by atoms with Crippen molar-refractivity contribution >= 4 is 21.0 Å². The molecule has 1 heterocycles. The molecule has 3 rings (SSSR count). The third kappa shape index (κ3) is 2.90. The summed E-state index contributed by atoms with van der Waals surface area (Å²) in [6.45, 7) is 0. The maximum absolute atomic E-state index is 11.5. The summed E-state index contributed by atoms with van der Waals surface area (Å²) in [5.41, 5.74) is 4.69. The quantitative estimate of drug-likeness (QED) is 0.870. The second kappa shape index (κ2) is 5.45. The minimum atomic E-state index is -3.14. The van der Waals surface area contributed by atoms with Gasteiger partial charge in [0.2, 0.25) is 0 Å². The zero-order chi connectivity index (χ0) is 14.9. The van der Waals surface area contributed by atoms with Crippen molar-refractivity contribution in [3.05, 3.63) is 59.9 Å². The Labute approximate surface area is 125 Å². The smallest absolute Gasteiger partial charge is 0.175 e. The van der Waals surface area contributed by atoms with Crippen LogP contribution in [0.1, 0.15) is 30.5 Å². The van der Waals surface area contributed by atoms with Gasteiger partial charge >= 0.3 is 0 Å². The van der Waals surface area contributed by atoms with Crippen LogP contribution in [0.4, 0.5) is 0 Å². The van der Waals surface area contributed by atoms with Crippen LogP contribution in [0.2, 0.25) is 0 Å². The van der Waals surface area contributed by atoms with Gasteiger partial charge in [-0.25, -0.2) is 8.42 Å². The number of benzene rings is 1. The van der Waals surface area contributed by atoms with Crippen LogP contribution in [0, 0.1) is 0 Å². The van der Waals surface area contributed by atoms with E-state index < -0.39 is 9.84 Å². The number of pyridine rings is 1. The second-order valence-corrected chi connectivity index (χ2v) is 7.34. The van der Waals surface area contributed by atoms with E-state index >= 15 is 0 Å². The molecule has 0 spiro atoms. The predicted molar refractivity (Wildman–Crippen MR) is 84.5 cm³/mol. The number of nitrogens with zero attached hydrogens (tertiary/aromatic N) is 1. The summed E-state index contributed by atoms with van der Waals surface area (Å²) in [4.78, 5) is 4.80. The van der Waals surface area contributed by atoms with Gasteiger partial charge in [0.1, 0.15) is 0 Å². The van der Waals surface area contributed by atoms with Gasteiger partial charge in [-0.1, -0.05) is 18.2 Å². The summed E-state index contributed by atoms with van der Waals surface area (Å²) in [5, 5.41) is 0. The van der Waals surface area contributed by atoms with Crippen molar-refractivity contribution in [1.29, 1.82) is 0 Å². The molecule has 0 radical (unpaired) electrons. The van der Waals surface area contributed by atoms with E-state index in [1.54, 1.807) is 12.1 Å². The normalized spacial score (nSPS) is 15.5. The third-order valence-electron chi connectivity index (χ3n) is 3.82. The van der Waals surface area contributed by atoms with Crippen LogP contribution in [0.5, 0.6) is 0 Å².